The number of halogens is 1. The summed E-state index contributed by atoms with van der Waals surface area (Å²) in [4.78, 5) is 0. The van der Waals surface area contributed by atoms with Gasteiger partial charge < -0.3 is 5.11 Å². The van der Waals surface area contributed by atoms with Crippen molar-refractivity contribution < 1.29 is 5.11 Å². The van der Waals surface area contributed by atoms with E-state index in [1.54, 1.807) is 6.07 Å². The minimum atomic E-state index is 0.0814. The fourth-order valence-corrected chi connectivity index (χ4v) is 0.923. The number of hydrogen-bond acceptors (Lipinski definition) is 1. The summed E-state index contributed by atoms with van der Waals surface area (Å²) in [5.74, 6) is 0. The number of aliphatic hydroxyl groups excluding tert-OH is 1. The van der Waals surface area contributed by atoms with Crippen molar-refractivity contribution in [2.24, 2.45) is 0 Å². The summed E-state index contributed by atoms with van der Waals surface area (Å²) in [6.45, 7) is 2.00. The Morgan fingerprint density at radius 3 is 2.70 bits per heavy atom. The fraction of sp³-hybridized carbons (Fsp3) is 0.250. The van der Waals surface area contributed by atoms with Gasteiger partial charge in [0.15, 0.2) is 0 Å². The Morgan fingerprint density at radius 1 is 1.50 bits per heavy atom. The monoisotopic (exact) mass is 156 g/mol. The van der Waals surface area contributed by atoms with Crippen molar-refractivity contribution in [2.75, 3.05) is 0 Å². The summed E-state index contributed by atoms with van der Waals surface area (Å²) < 4.78 is 0. The van der Waals surface area contributed by atoms with Gasteiger partial charge in [-0.05, 0) is 24.1 Å². The smallest absolute Gasteiger partial charge is 0.0681 e. The molecule has 1 nitrogen and oxygen atoms in total. The molecule has 0 aliphatic rings. The van der Waals surface area contributed by atoms with E-state index >= 15 is 0 Å². The van der Waals surface area contributed by atoms with E-state index in [1.165, 1.54) is 0 Å². The molecule has 0 aliphatic heterocycles. The van der Waals surface area contributed by atoms with Crippen LogP contribution in [0.4, 0.5) is 0 Å². The standard InChI is InChI=1S/C8H9ClO/c1-6-4-7(5-10)2-3-8(6)9/h2-4,10H,5H2,1H3. The van der Waals surface area contributed by atoms with Gasteiger partial charge in [-0.1, -0.05) is 23.7 Å². The zero-order valence-corrected chi connectivity index (χ0v) is 6.52. The number of aliphatic hydroxyl groups is 1. The van der Waals surface area contributed by atoms with Crippen LogP contribution in [0.25, 0.3) is 0 Å². The lowest BCUT2D eigenvalue weighted by molar-refractivity contribution is 0.282. The highest BCUT2D eigenvalue weighted by atomic mass is 35.5. The molecule has 0 spiro atoms. The van der Waals surface area contributed by atoms with Gasteiger partial charge in [0.05, 0.1) is 6.61 Å². The van der Waals surface area contributed by atoms with Gasteiger partial charge >= 0.3 is 0 Å². The topological polar surface area (TPSA) is 20.2 Å². The van der Waals surface area contributed by atoms with E-state index < -0.39 is 0 Å². The van der Waals surface area contributed by atoms with Crippen molar-refractivity contribution >= 4 is 11.6 Å². The van der Waals surface area contributed by atoms with Crippen LogP contribution in [0.1, 0.15) is 11.1 Å². The molecule has 0 amide bonds. The molecular weight excluding hydrogens is 148 g/mol. The van der Waals surface area contributed by atoms with Crippen molar-refractivity contribution in [3.05, 3.63) is 34.3 Å². The van der Waals surface area contributed by atoms with Crippen LogP contribution in [0.5, 0.6) is 0 Å². The highest BCUT2D eigenvalue weighted by molar-refractivity contribution is 6.31. The largest absolute Gasteiger partial charge is 0.392 e. The molecular formula is C8H9ClO. The summed E-state index contributed by atoms with van der Waals surface area (Å²) >= 11 is 5.76. The maximum Gasteiger partial charge on any atom is 0.0681 e. The van der Waals surface area contributed by atoms with E-state index in [1.807, 2.05) is 19.1 Å². The molecule has 0 radical (unpaired) electrons. The summed E-state index contributed by atoms with van der Waals surface area (Å²) in [5, 5.41) is 9.46. The van der Waals surface area contributed by atoms with E-state index in [9.17, 15) is 0 Å². The summed E-state index contributed by atoms with van der Waals surface area (Å²) in [6, 6.07) is 5.49. The maximum absolute atomic E-state index is 8.71. The predicted molar refractivity (Wildman–Crippen MR) is 42.1 cm³/mol. The van der Waals surface area contributed by atoms with Gasteiger partial charge in [0, 0.05) is 5.02 Å². The lowest BCUT2D eigenvalue weighted by atomic mass is 10.1. The minimum Gasteiger partial charge on any atom is -0.392 e. The second-order valence-electron chi connectivity index (χ2n) is 2.24. The molecule has 0 saturated heterocycles. The summed E-state index contributed by atoms with van der Waals surface area (Å²) in [5.41, 5.74) is 1.91. The van der Waals surface area contributed by atoms with Gasteiger partial charge in [-0.25, -0.2) is 0 Å². The molecule has 10 heavy (non-hydrogen) atoms. The molecule has 0 aromatic heterocycles. The molecule has 0 atom stereocenters. The molecule has 1 aromatic rings. The minimum absolute atomic E-state index is 0.0814. The Bertz CT molecular complexity index is 233. The Balaban J connectivity index is 3.04. The predicted octanol–water partition coefficient (Wildman–Crippen LogP) is 2.14. The Kier molecular flexibility index (Phi) is 2.30. The maximum atomic E-state index is 8.71. The first-order valence-electron chi connectivity index (χ1n) is 3.10. The van der Waals surface area contributed by atoms with Crippen molar-refractivity contribution in [1.82, 2.24) is 0 Å². The molecule has 1 aromatic carbocycles. The molecule has 0 saturated carbocycles. The molecule has 0 heterocycles. The third-order valence-corrected chi connectivity index (χ3v) is 1.83. The molecule has 54 valence electrons. The highest BCUT2D eigenvalue weighted by Gasteiger charge is 1.94. The molecule has 0 unspecified atom stereocenters. The first-order valence-corrected chi connectivity index (χ1v) is 3.47. The first-order chi connectivity index (χ1) is 4.74. The van der Waals surface area contributed by atoms with Crippen LogP contribution in [-0.2, 0) is 6.61 Å². The zero-order chi connectivity index (χ0) is 7.56. The lowest BCUT2D eigenvalue weighted by Crippen LogP contribution is -1.83. The van der Waals surface area contributed by atoms with E-state index in [2.05, 4.69) is 0 Å². The molecule has 0 fully saturated rings. The second kappa shape index (κ2) is 3.04. The zero-order valence-electron chi connectivity index (χ0n) is 5.76. The first kappa shape index (κ1) is 7.58. The number of rotatable bonds is 1. The number of hydrogen-bond donors (Lipinski definition) is 1. The van der Waals surface area contributed by atoms with Crippen LogP contribution in [0.15, 0.2) is 18.2 Å². The van der Waals surface area contributed by atoms with E-state index in [0.29, 0.717) is 0 Å². The van der Waals surface area contributed by atoms with Gasteiger partial charge in [0.25, 0.3) is 0 Å². The Morgan fingerprint density at radius 2 is 2.20 bits per heavy atom. The van der Waals surface area contributed by atoms with Gasteiger partial charge in [0.1, 0.15) is 0 Å². The lowest BCUT2D eigenvalue weighted by Gasteiger charge is -1.99. The third-order valence-electron chi connectivity index (χ3n) is 1.40. The van der Waals surface area contributed by atoms with E-state index in [4.69, 9.17) is 16.7 Å². The van der Waals surface area contributed by atoms with E-state index in [-0.39, 0.29) is 6.61 Å². The van der Waals surface area contributed by atoms with Crippen LogP contribution in [-0.4, -0.2) is 5.11 Å². The number of benzene rings is 1. The molecule has 1 N–H and O–H groups in total. The van der Waals surface area contributed by atoms with Gasteiger partial charge in [-0.2, -0.15) is 0 Å². The van der Waals surface area contributed by atoms with Crippen LogP contribution in [0, 0.1) is 6.92 Å². The van der Waals surface area contributed by atoms with Gasteiger partial charge in [-0.3, -0.25) is 0 Å². The second-order valence-corrected chi connectivity index (χ2v) is 2.65. The molecule has 2 heteroatoms. The molecule has 0 aliphatic carbocycles. The van der Waals surface area contributed by atoms with Crippen molar-refractivity contribution in [1.29, 1.82) is 0 Å². The van der Waals surface area contributed by atoms with Crippen LogP contribution >= 0.6 is 11.6 Å². The number of aryl methyl sites for hydroxylation is 1. The van der Waals surface area contributed by atoms with Crippen LogP contribution in [0.2, 0.25) is 5.02 Å². The quantitative estimate of drug-likeness (QED) is 0.661. The Labute approximate surface area is 65.3 Å². The van der Waals surface area contributed by atoms with Crippen molar-refractivity contribution in [3.63, 3.8) is 0 Å². The van der Waals surface area contributed by atoms with Crippen molar-refractivity contribution in [2.45, 2.75) is 13.5 Å². The molecule has 1 rings (SSSR count). The highest BCUT2D eigenvalue weighted by Crippen LogP contribution is 2.15. The average Bonchev–Trinajstić information content (AvgIpc) is 1.95. The molecule has 0 bridgehead atoms. The van der Waals surface area contributed by atoms with Crippen LogP contribution < -0.4 is 0 Å². The SMILES string of the molecule is Cc1cc(CO)ccc1Cl. The third kappa shape index (κ3) is 1.49. The summed E-state index contributed by atoms with van der Waals surface area (Å²) in [7, 11) is 0. The fourth-order valence-electron chi connectivity index (χ4n) is 0.805. The van der Waals surface area contributed by atoms with Crippen molar-refractivity contribution in [3.8, 4) is 0 Å². The van der Waals surface area contributed by atoms with Crippen LogP contribution in [0.3, 0.4) is 0 Å². The normalized spacial score (nSPS) is 9.90. The average molecular weight is 157 g/mol. The van der Waals surface area contributed by atoms with Gasteiger partial charge in [0.2, 0.25) is 0 Å². The van der Waals surface area contributed by atoms with Gasteiger partial charge in [-0.15, -0.1) is 0 Å². The summed E-state index contributed by atoms with van der Waals surface area (Å²) in [6.07, 6.45) is 0. The Hall–Kier alpha value is -0.530. The van der Waals surface area contributed by atoms with E-state index in [0.717, 1.165) is 16.1 Å².